The van der Waals surface area contributed by atoms with E-state index >= 15 is 0 Å². The molecule has 0 amide bonds. The summed E-state index contributed by atoms with van der Waals surface area (Å²) >= 11 is 0. The summed E-state index contributed by atoms with van der Waals surface area (Å²) in [7, 11) is 0. The summed E-state index contributed by atoms with van der Waals surface area (Å²) in [5.41, 5.74) is 3.25. The summed E-state index contributed by atoms with van der Waals surface area (Å²) in [6.07, 6.45) is 8.42. The number of carbonyl (C=O) groups excluding carboxylic acids is 1. The molecule has 2 aliphatic carbocycles. The van der Waals surface area contributed by atoms with Crippen molar-refractivity contribution in [3.63, 3.8) is 0 Å². The smallest absolute Gasteiger partial charge is 0.132 e. The SMILES string of the molecule is CCC1(CC)C2CCC(=O)CCC1(c1ccccc1)C=C2C. The molecule has 1 saturated carbocycles. The Kier molecular flexibility index (Phi) is 4.01. The summed E-state index contributed by atoms with van der Waals surface area (Å²) < 4.78 is 0. The van der Waals surface area contributed by atoms with Crippen LogP contribution in [-0.4, -0.2) is 5.78 Å². The van der Waals surface area contributed by atoms with E-state index in [0.29, 0.717) is 11.7 Å². The van der Waals surface area contributed by atoms with E-state index in [1.165, 1.54) is 24.0 Å². The molecule has 0 saturated heterocycles. The number of benzene rings is 1. The van der Waals surface area contributed by atoms with Crippen molar-refractivity contribution in [3.05, 3.63) is 47.5 Å². The van der Waals surface area contributed by atoms with Gasteiger partial charge < -0.3 is 0 Å². The molecule has 2 unspecified atom stereocenters. The molecule has 0 aromatic heterocycles. The Labute approximate surface area is 134 Å². The minimum absolute atomic E-state index is 0.0442. The standard InChI is InChI=1S/C21H28O/c1-4-20(5-2)19-12-11-18(22)13-14-21(20,15-16(19)3)17-9-7-6-8-10-17/h6-10,15,19H,4-5,11-14H2,1-3H3. The maximum absolute atomic E-state index is 12.2. The van der Waals surface area contributed by atoms with Gasteiger partial charge in [0.2, 0.25) is 0 Å². The average molecular weight is 296 g/mol. The number of ketones is 1. The monoisotopic (exact) mass is 296 g/mol. The van der Waals surface area contributed by atoms with E-state index in [1.54, 1.807) is 0 Å². The third-order valence-electron chi connectivity index (χ3n) is 6.64. The molecule has 1 fully saturated rings. The lowest BCUT2D eigenvalue weighted by Crippen LogP contribution is -2.46. The molecule has 1 aromatic rings. The molecule has 1 aromatic carbocycles. The Balaban J connectivity index is 2.22. The maximum Gasteiger partial charge on any atom is 0.132 e. The predicted molar refractivity (Wildman–Crippen MR) is 91.9 cm³/mol. The minimum atomic E-state index is 0.0442. The van der Waals surface area contributed by atoms with Gasteiger partial charge in [0.25, 0.3) is 0 Å². The number of carbonyl (C=O) groups is 1. The Morgan fingerprint density at radius 2 is 1.77 bits per heavy atom. The van der Waals surface area contributed by atoms with Crippen molar-refractivity contribution in [2.24, 2.45) is 11.3 Å². The number of rotatable bonds is 3. The van der Waals surface area contributed by atoms with Crippen LogP contribution in [0.4, 0.5) is 0 Å². The molecular weight excluding hydrogens is 268 g/mol. The van der Waals surface area contributed by atoms with Crippen LogP contribution in [0.25, 0.3) is 0 Å². The van der Waals surface area contributed by atoms with Crippen LogP contribution >= 0.6 is 0 Å². The van der Waals surface area contributed by atoms with E-state index in [2.05, 4.69) is 57.2 Å². The second-order valence-corrected chi connectivity index (χ2v) is 7.22. The zero-order chi connectivity index (χ0) is 15.8. The molecule has 118 valence electrons. The predicted octanol–water partition coefficient (Wildman–Crippen LogP) is 5.45. The second kappa shape index (κ2) is 5.68. The second-order valence-electron chi connectivity index (χ2n) is 7.22. The lowest BCUT2D eigenvalue weighted by Gasteiger charge is -2.50. The van der Waals surface area contributed by atoms with Gasteiger partial charge in [0.15, 0.2) is 0 Å². The van der Waals surface area contributed by atoms with Gasteiger partial charge in [-0.1, -0.05) is 55.8 Å². The molecule has 2 atom stereocenters. The fourth-order valence-electron chi connectivity index (χ4n) is 5.60. The van der Waals surface area contributed by atoms with Gasteiger partial charge in [0.05, 0.1) is 0 Å². The molecule has 22 heavy (non-hydrogen) atoms. The van der Waals surface area contributed by atoms with Gasteiger partial charge in [-0.3, -0.25) is 4.79 Å². The van der Waals surface area contributed by atoms with E-state index in [-0.39, 0.29) is 10.8 Å². The van der Waals surface area contributed by atoms with Crippen LogP contribution in [0.3, 0.4) is 0 Å². The highest BCUT2D eigenvalue weighted by Gasteiger charge is 2.57. The highest BCUT2D eigenvalue weighted by Crippen LogP contribution is 2.63. The summed E-state index contributed by atoms with van der Waals surface area (Å²) in [5, 5.41) is 0. The van der Waals surface area contributed by atoms with Crippen molar-refractivity contribution in [1.29, 1.82) is 0 Å². The van der Waals surface area contributed by atoms with Crippen LogP contribution in [0.1, 0.15) is 64.9 Å². The molecule has 0 heterocycles. The van der Waals surface area contributed by atoms with Crippen LogP contribution < -0.4 is 0 Å². The zero-order valence-corrected chi connectivity index (χ0v) is 14.2. The van der Waals surface area contributed by atoms with Gasteiger partial charge in [-0.05, 0) is 49.5 Å². The van der Waals surface area contributed by atoms with E-state index in [9.17, 15) is 4.79 Å². The molecule has 3 rings (SSSR count). The third kappa shape index (κ3) is 2.01. The number of hydrogen-bond donors (Lipinski definition) is 0. The Bertz CT molecular complexity index is 579. The van der Waals surface area contributed by atoms with E-state index in [4.69, 9.17) is 0 Å². The topological polar surface area (TPSA) is 17.1 Å². The minimum Gasteiger partial charge on any atom is -0.300 e. The van der Waals surface area contributed by atoms with Crippen LogP contribution in [0.5, 0.6) is 0 Å². The van der Waals surface area contributed by atoms with Crippen LogP contribution in [0.15, 0.2) is 42.0 Å². The number of allylic oxidation sites excluding steroid dienone is 2. The number of hydrogen-bond acceptors (Lipinski definition) is 1. The number of Topliss-reactive ketones (excluding diaryl/α,β-unsaturated/α-hetero) is 1. The van der Waals surface area contributed by atoms with Gasteiger partial charge in [-0.15, -0.1) is 0 Å². The average Bonchev–Trinajstić information content (AvgIpc) is 2.82. The quantitative estimate of drug-likeness (QED) is 0.678. The van der Waals surface area contributed by atoms with Crippen molar-refractivity contribution in [1.82, 2.24) is 0 Å². The normalized spacial score (nSPS) is 30.6. The Hall–Kier alpha value is -1.37. The summed E-state index contributed by atoms with van der Waals surface area (Å²) in [5.74, 6) is 1.01. The van der Waals surface area contributed by atoms with Gasteiger partial charge in [0, 0.05) is 18.3 Å². The largest absolute Gasteiger partial charge is 0.300 e. The summed E-state index contributed by atoms with van der Waals surface area (Å²) in [6, 6.07) is 10.9. The lowest BCUT2D eigenvalue weighted by atomic mass is 9.52. The molecule has 0 N–H and O–H groups in total. The molecule has 1 nitrogen and oxygen atoms in total. The first-order valence-corrected chi connectivity index (χ1v) is 8.86. The lowest BCUT2D eigenvalue weighted by molar-refractivity contribution is -0.121. The number of fused-ring (bicyclic) bond motifs is 2. The van der Waals surface area contributed by atoms with Gasteiger partial charge >= 0.3 is 0 Å². The molecule has 2 aliphatic rings. The maximum atomic E-state index is 12.2. The fraction of sp³-hybridized carbons (Fsp3) is 0.571. The van der Waals surface area contributed by atoms with Crippen LogP contribution in [-0.2, 0) is 10.2 Å². The van der Waals surface area contributed by atoms with Crippen LogP contribution in [0, 0.1) is 11.3 Å². The van der Waals surface area contributed by atoms with Crippen molar-refractivity contribution in [2.75, 3.05) is 0 Å². The zero-order valence-electron chi connectivity index (χ0n) is 14.2. The van der Waals surface area contributed by atoms with Gasteiger partial charge in [-0.25, -0.2) is 0 Å². The van der Waals surface area contributed by atoms with E-state index in [0.717, 1.165) is 25.7 Å². The first kappa shape index (κ1) is 15.5. The first-order valence-electron chi connectivity index (χ1n) is 8.86. The molecular formula is C21H28O. The first-order chi connectivity index (χ1) is 10.6. The highest BCUT2D eigenvalue weighted by atomic mass is 16.1. The molecule has 2 bridgehead atoms. The molecule has 0 spiro atoms. The van der Waals surface area contributed by atoms with Crippen molar-refractivity contribution >= 4 is 5.78 Å². The fourth-order valence-corrected chi connectivity index (χ4v) is 5.60. The van der Waals surface area contributed by atoms with Crippen molar-refractivity contribution in [3.8, 4) is 0 Å². The highest BCUT2D eigenvalue weighted by molar-refractivity contribution is 5.79. The third-order valence-corrected chi connectivity index (χ3v) is 6.64. The Morgan fingerprint density at radius 3 is 2.41 bits per heavy atom. The van der Waals surface area contributed by atoms with Gasteiger partial charge in [-0.2, -0.15) is 0 Å². The Morgan fingerprint density at radius 1 is 1.09 bits per heavy atom. The van der Waals surface area contributed by atoms with Crippen LogP contribution in [0.2, 0.25) is 0 Å². The van der Waals surface area contributed by atoms with Crippen molar-refractivity contribution < 1.29 is 4.79 Å². The molecule has 1 heteroatoms. The van der Waals surface area contributed by atoms with Gasteiger partial charge in [0.1, 0.15) is 5.78 Å². The summed E-state index contributed by atoms with van der Waals surface area (Å²) in [4.78, 5) is 12.2. The summed E-state index contributed by atoms with van der Waals surface area (Å²) in [6.45, 7) is 7.00. The van der Waals surface area contributed by atoms with E-state index < -0.39 is 0 Å². The van der Waals surface area contributed by atoms with E-state index in [1.807, 2.05) is 0 Å². The van der Waals surface area contributed by atoms with Crippen molar-refractivity contribution in [2.45, 2.75) is 64.7 Å². The molecule has 0 radical (unpaired) electrons. The molecule has 0 aliphatic heterocycles.